The molecule has 1 aliphatic rings. The molecule has 6 heteroatoms. The third-order valence-electron chi connectivity index (χ3n) is 4.79. The molecule has 0 saturated carbocycles. The second-order valence-corrected chi connectivity index (χ2v) is 7.57. The lowest BCUT2D eigenvalue weighted by Crippen LogP contribution is -2.40. The van der Waals surface area contributed by atoms with Crippen LogP contribution in [-0.4, -0.2) is 47.0 Å². The Hall–Kier alpha value is -2.34. The number of likely N-dealkylation sites (N-methyl/N-ethyl adjacent to an activating group) is 1. The van der Waals surface area contributed by atoms with Crippen molar-refractivity contribution >= 4 is 23.6 Å². The molecule has 1 aliphatic heterocycles. The minimum Gasteiger partial charge on any atom is -0.337 e. The predicted molar refractivity (Wildman–Crippen MR) is 106 cm³/mol. The molecule has 0 bridgehead atoms. The quantitative estimate of drug-likeness (QED) is 0.757. The Labute approximate surface area is 163 Å². The van der Waals surface area contributed by atoms with Crippen LogP contribution < -0.4 is 0 Å². The number of rotatable bonds is 6. The average molecular weight is 386 g/mol. The highest BCUT2D eigenvalue weighted by Crippen LogP contribution is 2.39. The van der Waals surface area contributed by atoms with E-state index in [9.17, 15) is 14.0 Å². The number of halogens is 1. The molecule has 1 heterocycles. The van der Waals surface area contributed by atoms with Crippen LogP contribution in [0.2, 0.25) is 0 Å². The fourth-order valence-corrected chi connectivity index (χ4v) is 4.54. The molecular formula is C21H23FN2O2S. The van der Waals surface area contributed by atoms with Gasteiger partial charge in [0.05, 0.1) is 5.75 Å². The summed E-state index contributed by atoms with van der Waals surface area (Å²) in [5, 5.41) is -0.0154. The Bertz CT molecular complexity index is 825. The Balaban J connectivity index is 1.70. The van der Waals surface area contributed by atoms with Crippen LogP contribution >= 0.6 is 11.8 Å². The van der Waals surface area contributed by atoms with Gasteiger partial charge in [-0.15, -0.1) is 11.8 Å². The van der Waals surface area contributed by atoms with Crippen LogP contribution in [0.4, 0.5) is 4.39 Å². The van der Waals surface area contributed by atoms with E-state index >= 15 is 0 Å². The molecule has 0 spiro atoms. The zero-order valence-corrected chi connectivity index (χ0v) is 16.3. The number of aryl methyl sites for hydroxylation is 1. The minimum atomic E-state index is -0.365. The maximum absolute atomic E-state index is 13.1. The molecule has 0 unspecified atom stereocenters. The van der Waals surface area contributed by atoms with Crippen molar-refractivity contribution in [2.75, 3.05) is 25.4 Å². The molecule has 1 fully saturated rings. The highest BCUT2D eigenvalue weighted by Gasteiger charge is 2.33. The molecule has 3 rings (SSSR count). The van der Waals surface area contributed by atoms with Crippen molar-refractivity contribution in [3.05, 3.63) is 71.0 Å². The molecule has 0 N–H and O–H groups in total. The number of thioether (sulfide) groups is 1. The second kappa shape index (κ2) is 8.57. The summed E-state index contributed by atoms with van der Waals surface area (Å²) >= 11 is 1.62. The van der Waals surface area contributed by atoms with Gasteiger partial charge in [0.15, 0.2) is 0 Å². The molecule has 0 aliphatic carbocycles. The molecule has 142 valence electrons. The van der Waals surface area contributed by atoms with Gasteiger partial charge in [0.25, 0.3) is 5.91 Å². The zero-order valence-electron chi connectivity index (χ0n) is 15.5. The fourth-order valence-electron chi connectivity index (χ4n) is 3.22. The zero-order chi connectivity index (χ0) is 19.4. The van der Waals surface area contributed by atoms with Crippen molar-refractivity contribution in [2.24, 2.45) is 0 Å². The summed E-state index contributed by atoms with van der Waals surface area (Å²) in [6.07, 6.45) is 0. The summed E-state index contributed by atoms with van der Waals surface area (Å²) < 4.78 is 13.1. The summed E-state index contributed by atoms with van der Waals surface area (Å²) in [6.45, 7) is 5.40. The second-order valence-electron chi connectivity index (χ2n) is 6.50. The van der Waals surface area contributed by atoms with Gasteiger partial charge in [0, 0.05) is 25.2 Å². The standard InChI is InChI=1S/C21H23FN2O2S/c1-3-23(20(26)16-8-10-17(22)11-9-16)12-13-24-19(25)14-27-21(24)18-7-5-4-6-15(18)2/h4-11,21H,3,12-14H2,1-2H3/t21-/m0/s1. The van der Waals surface area contributed by atoms with Gasteiger partial charge in [0.1, 0.15) is 11.2 Å². The summed E-state index contributed by atoms with van der Waals surface area (Å²) in [7, 11) is 0. The van der Waals surface area contributed by atoms with Crippen LogP contribution in [0.15, 0.2) is 48.5 Å². The summed E-state index contributed by atoms with van der Waals surface area (Å²) in [5.74, 6) is 0.0370. The molecule has 2 aromatic rings. The Morgan fingerprint density at radius 2 is 1.93 bits per heavy atom. The van der Waals surface area contributed by atoms with Crippen LogP contribution in [0.3, 0.4) is 0 Å². The van der Waals surface area contributed by atoms with E-state index < -0.39 is 0 Å². The predicted octanol–water partition coefficient (Wildman–Crippen LogP) is 3.87. The SMILES string of the molecule is CCN(CCN1C(=O)CS[C@H]1c1ccccc1C)C(=O)c1ccc(F)cc1. The monoisotopic (exact) mass is 386 g/mol. The lowest BCUT2D eigenvalue weighted by Gasteiger charge is -2.29. The first-order valence-electron chi connectivity index (χ1n) is 9.02. The molecule has 0 aromatic heterocycles. The number of carbonyl (C=O) groups is 2. The third-order valence-corrected chi connectivity index (χ3v) is 6.03. The van der Waals surface area contributed by atoms with E-state index in [1.807, 2.05) is 36.9 Å². The van der Waals surface area contributed by atoms with E-state index in [-0.39, 0.29) is 23.0 Å². The molecule has 1 atom stereocenters. The van der Waals surface area contributed by atoms with Crippen molar-refractivity contribution in [1.82, 2.24) is 9.80 Å². The summed E-state index contributed by atoms with van der Waals surface area (Å²) in [5.41, 5.74) is 2.75. The molecular weight excluding hydrogens is 363 g/mol. The normalized spacial score (nSPS) is 16.6. The van der Waals surface area contributed by atoms with Gasteiger partial charge < -0.3 is 9.80 Å². The average Bonchev–Trinajstić information content (AvgIpc) is 3.03. The number of nitrogens with zero attached hydrogens (tertiary/aromatic N) is 2. The highest BCUT2D eigenvalue weighted by atomic mass is 32.2. The van der Waals surface area contributed by atoms with Crippen LogP contribution in [0.25, 0.3) is 0 Å². The smallest absolute Gasteiger partial charge is 0.253 e. The molecule has 2 aromatic carbocycles. The van der Waals surface area contributed by atoms with Gasteiger partial charge in [-0.2, -0.15) is 0 Å². The Kier molecular flexibility index (Phi) is 6.16. The maximum atomic E-state index is 13.1. The van der Waals surface area contributed by atoms with Crippen LogP contribution in [-0.2, 0) is 4.79 Å². The van der Waals surface area contributed by atoms with E-state index in [1.165, 1.54) is 24.3 Å². The number of benzene rings is 2. The van der Waals surface area contributed by atoms with E-state index in [4.69, 9.17) is 0 Å². The van der Waals surface area contributed by atoms with E-state index in [0.29, 0.717) is 31.0 Å². The van der Waals surface area contributed by atoms with E-state index in [0.717, 1.165) is 11.1 Å². The largest absolute Gasteiger partial charge is 0.337 e. The number of hydrogen-bond acceptors (Lipinski definition) is 3. The van der Waals surface area contributed by atoms with Crippen molar-refractivity contribution in [3.8, 4) is 0 Å². The summed E-state index contributed by atoms with van der Waals surface area (Å²) in [6, 6.07) is 13.6. The Morgan fingerprint density at radius 1 is 1.22 bits per heavy atom. The van der Waals surface area contributed by atoms with Gasteiger partial charge in [-0.25, -0.2) is 4.39 Å². The van der Waals surface area contributed by atoms with Crippen LogP contribution in [0, 0.1) is 12.7 Å². The molecule has 27 heavy (non-hydrogen) atoms. The van der Waals surface area contributed by atoms with Gasteiger partial charge in [-0.1, -0.05) is 24.3 Å². The van der Waals surface area contributed by atoms with Gasteiger partial charge >= 0.3 is 0 Å². The van der Waals surface area contributed by atoms with Crippen molar-refractivity contribution in [2.45, 2.75) is 19.2 Å². The number of carbonyl (C=O) groups excluding carboxylic acids is 2. The first-order valence-corrected chi connectivity index (χ1v) is 10.1. The minimum absolute atomic E-state index is 0.0154. The lowest BCUT2D eigenvalue weighted by atomic mass is 10.1. The van der Waals surface area contributed by atoms with Crippen LogP contribution in [0.1, 0.15) is 33.8 Å². The Morgan fingerprint density at radius 3 is 2.59 bits per heavy atom. The molecule has 1 saturated heterocycles. The molecule has 2 amide bonds. The van der Waals surface area contributed by atoms with Gasteiger partial charge in [-0.05, 0) is 49.2 Å². The van der Waals surface area contributed by atoms with Crippen molar-refractivity contribution in [3.63, 3.8) is 0 Å². The van der Waals surface area contributed by atoms with E-state index in [1.54, 1.807) is 16.7 Å². The first-order chi connectivity index (χ1) is 13.0. The highest BCUT2D eigenvalue weighted by molar-refractivity contribution is 8.00. The number of amides is 2. The fraction of sp³-hybridized carbons (Fsp3) is 0.333. The van der Waals surface area contributed by atoms with Gasteiger partial charge in [0.2, 0.25) is 5.91 Å². The van der Waals surface area contributed by atoms with Crippen LogP contribution in [0.5, 0.6) is 0 Å². The third kappa shape index (κ3) is 4.33. The van der Waals surface area contributed by atoms with Crippen molar-refractivity contribution in [1.29, 1.82) is 0 Å². The van der Waals surface area contributed by atoms with Gasteiger partial charge in [-0.3, -0.25) is 9.59 Å². The number of hydrogen-bond donors (Lipinski definition) is 0. The summed E-state index contributed by atoms with van der Waals surface area (Å²) in [4.78, 5) is 28.6. The maximum Gasteiger partial charge on any atom is 0.253 e. The lowest BCUT2D eigenvalue weighted by molar-refractivity contribution is -0.128. The topological polar surface area (TPSA) is 40.6 Å². The molecule has 4 nitrogen and oxygen atoms in total. The molecule has 0 radical (unpaired) electrons. The first kappa shape index (κ1) is 19.4. The van der Waals surface area contributed by atoms with E-state index in [2.05, 4.69) is 6.07 Å². The van der Waals surface area contributed by atoms with Crippen molar-refractivity contribution < 1.29 is 14.0 Å².